The van der Waals surface area contributed by atoms with Gasteiger partial charge in [0.05, 0.1) is 0 Å². The summed E-state index contributed by atoms with van der Waals surface area (Å²) in [6, 6.07) is 17.3. The van der Waals surface area contributed by atoms with E-state index in [2.05, 4.69) is 65.7 Å². The Labute approximate surface area is 153 Å². The molecule has 0 spiro atoms. The number of alkyl halides is 1. The van der Waals surface area contributed by atoms with Crippen molar-refractivity contribution < 1.29 is 0 Å². The Balaban J connectivity index is 0.00000192. The lowest BCUT2D eigenvalue weighted by molar-refractivity contribution is 0.274. The largest absolute Gasteiger partial charge is 0.294 e. The second kappa shape index (κ2) is 8.70. The average Bonchev–Trinajstić information content (AvgIpc) is 2.91. The Morgan fingerprint density at radius 2 is 1.83 bits per heavy atom. The van der Waals surface area contributed by atoms with E-state index in [9.17, 15) is 0 Å². The minimum atomic E-state index is 0. The molecule has 0 N–H and O–H groups in total. The van der Waals surface area contributed by atoms with Crippen molar-refractivity contribution in [3.8, 4) is 0 Å². The number of rotatable bonds is 6. The van der Waals surface area contributed by atoms with Crippen molar-refractivity contribution in [2.75, 3.05) is 12.4 Å². The Hall–Kier alpha value is -1.06. The second-order valence-electron chi connectivity index (χ2n) is 5.65. The fraction of sp³-hybridized carbons (Fsp3) is 0.263. The smallest absolute Gasteiger partial charge is 0.0351 e. The highest BCUT2D eigenvalue weighted by molar-refractivity contribution is 7.17. The van der Waals surface area contributed by atoms with Crippen molar-refractivity contribution in [1.82, 2.24) is 4.90 Å². The molecule has 2 aromatic carbocycles. The zero-order chi connectivity index (χ0) is 15.4. The van der Waals surface area contributed by atoms with E-state index in [1.807, 2.05) is 11.3 Å². The van der Waals surface area contributed by atoms with E-state index in [0.717, 1.165) is 19.6 Å². The molecule has 0 aliphatic rings. The van der Waals surface area contributed by atoms with Crippen LogP contribution in [0.4, 0.5) is 0 Å². The number of thiophene rings is 1. The van der Waals surface area contributed by atoms with Crippen LogP contribution in [0.15, 0.2) is 53.9 Å². The van der Waals surface area contributed by atoms with Crippen LogP contribution in [0.1, 0.15) is 16.7 Å². The third-order valence-electron chi connectivity index (χ3n) is 3.85. The molecule has 0 aliphatic carbocycles. The summed E-state index contributed by atoms with van der Waals surface area (Å²) >= 11 is 7.84. The van der Waals surface area contributed by atoms with Gasteiger partial charge in [0.25, 0.3) is 0 Å². The fourth-order valence-electron chi connectivity index (χ4n) is 2.73. The minimum Gasteiger partial charge on any atom is -0.294 e. The first-order chi connectivity index (χ1) is 10.8. The SMILES string of the molecule is Cc1ccc2scc(CN(CCCl)Cc3ccccc3)c2c1.Cl. The van der Waals surface area contributed by atoms with E-state index in [1.165, 1.54) is 26.8 Å². The van der Waals surface area contributed by atoms with E-state index in [1.54, 1.807) is 0 Å². The van der Waals surface area contributed by atoms with Crippen molar-refractivity contribution in [2.45, 2.75) is 20.0 Å². The van der Waals surface area contributed by atoms with Gasteiger partial charge in [0.15, 0.2) is 0 Å². The molecule has 122 valence electrons. The number of aryl methyl sites for hydroxylation is 1. The molecule has 0 saturated carbocycles. The first kappa shape index (κ1) is 18.3. The van der Waals surface area contributed by atoms with Gasteiger partial charge < -0.3 is 0 Å². The highest BCUT2D eigenvalue weighted by Crippen LogP contribution is 2.28. The molecule has 1 heterocycles. The zero-order valence-corrected chi connectivity index (χ0v) is 15.6. The Morgan fingerprint density at radius 1 is 1.04 bits per heavy atom. The van der Waals surface area contributed by atoms with Crippen LogP contribution in [-0.4, -0.2) is 17.3 Å². The van der Waals surface area contributed by atoms with Crippen molar-refractivity contribution in [1.29, 1.82) is 0 Å². The molecule has 0 unspecified atom stereocenters. The van der Waals surface area contributed by atoms with Crippen LogP contribution in [0.2, 0.25) is 0 Å². The standard InChI is InChI=1S/C19H20ClNS.ClH/c1-15-7-8-19-18(11-15)17(14-22-19)13-21(10-9-20)12-16-5-3-2-4-6-16;/h2-8,11,14H,9-10,12-13H2,1H3;1H. The monoisotopic (exact) mass is 365 g/mol. The van der Waals surface area contributed by atoms with Gasteiger partial charge in [0, 0.05) is 30.2 Å². The van der Waals surface area contributed by atoms with E-state index in [-0.39, 0.29) is 12.4 Å². The van der Waals surface area contributed by atoms with Gasteiger partial charge in [-0.15, -0.1) is 35.3 Å². The summed E-state index contributed by atoms with van der Waals surface area (Å²) in [5, 5.41) is 3.67. The summed E-state index contributed by atoms with van der Waals surface area (Å²) < 4.78 is 1.37. The molecule has 1 aromatic heterocycles. The van der Waals surface area contributed by atoms with Crippen LogP contribution in [0.25, 0.3) is 10.1 Å². The Bertz CT molecular complexity index is 739. The Morgan fingerprint density at radius 3 is 2.57 bits per heavy atom. The predicted molar refractivity (Wildman–Crippen MR) is 105 cm³/mol. The molecule has 23 heavy (non-hydrogen) atoms. The number of benzene rings is 2. The third kappa shape index (κ3) is 4.71. The molecule has 4 heteroatoms. The molecule has 0 aliphatic heterocycles. The number of hydrogen-bond donors (Lipinski definition) is 0. The quantitative estimate of drug-likeness (QED) is 0.493. The highest BCUT2D eigenvalue weighted by Gasteiger charge is 2.10. The first-order valence-electron chi connectivity index (χ1n) is 7.55. The Kier molecular flexibility index (Phi) is 6.91. The zero-order valence-electron chi connectivity index (χ0n) is 13.2. The summed E-state index contributed by atoms with van der Waals surface area (Å²) in [7, 11) is 0. The average molecular weight is 366 g/mol. The number of nitrogens with zero attached hydrogens (tertiary/aromatic N) is 1. The van der Waals surface area contributed by atoms with Gasteiger partial charge in [-0.2, -0.15) is 0 Å². The molecule has 0 bridgehead atoms. The fourth-order valence-corrected chi connectivity index (χ4v) is 3.91. The van der Waals surface area contributed by atoms with Crippen molar-refractivity contribution in [3.63, 3.8) is 0 Å². The summed E-state index contributed by atoms with van der Waals surface area (Å²) in [6.07, 6.45) is 0. The molecule has 0 amide bonds. The number of fused-ring (bicyclic) bond motifs is 1. The van der Waals surface area contributed by atoms with Gasteiger partial charge in [0.1, 0.15) is 0 Å². The lowest BCUT2D eigenvalue weighted by Gasteiger charge is -2.21. The van der Waals surface area contributed by atoms with Crippen molar-refractivity contribution in [2.24, 2.45) is 0 Å². The van der Waals surface area contributed by atoms with Crippen molar-refractivity contribution in [3.05, 3.63) is 70.6 Å². The summed E-state index contributed by atoms with van der Waals surface area (Å²) in [5.74, 6) is 0.661. The lowest BCUT2D eigenvalue weighted by Crippen LogP contribution is -2.24. The summed E-state index contributed by atoms with van der Waals surface area (Å²) in [6.45, 7) is 4.95. The highest BCUT2D eigenvalue weighted by atomic mass is 35.5. The number of halogens is 2. The van der Waals surface area contributed by atoms with Crippen LogP contribution in [0, 0.1) is 6.92 Å². The maximum absolute atomic E-state index is 6.01. The van der Waals surface area contributed by atoms with Gasteiger partial charge in [0.2, 0.25) is 0 Å². The number of hydrogen-bond acceptors (Lipinski definition) is 2. The molecule has 3 aromatic rings. The molecule has 0 radical (unpaired) electrons. The van der Waals surface area contributed by atoms with Gasteiger partial charge in [-0.25, -0.2) is 0 Å². The molecule has 3 rings (SSSR count). The maximum atomic E-state index is 6.01. The molecule has 0 fully saturated rings. The topological polar surface area (TPSA) is 3.24 Å². The van der Waals surface area contributed by atoms with Crippen LogP contribution in [0.5, 0.6) is 0 Å². The maximum Gasteiger partial charge on any atom is 0.0351 e. The first-order valence-corrected chi connectivity index (χ1v) is 8.96. The van der Waals surface area contributed by atoms with Crippen LogP contribution >= 0.6 is 35.3 Å². The lowest BCUT2D eigenvalue weighted by atomic mass is 10.1. The van der Waals surface area contributed by atoms with Crippen molar-refractivity contribution >= 4 is 45.4 Å². The van der Waals surface area contributed by atoms with Gasteiger partial charge >= 0.3 is 0 Å². The van der Waals surface area contributed by atoms with Gasteiger partial charge in [-0.3, -0.25) is 4.90 Å². The summed E-state index contributed by atoms with van der Waals surface area (Å²) in [4.78, 5) is 2.42. The molecular weight excluding hydrogens is 345 g/mol. The van der Waals surface area contributed by atoms with Crippen LogP contribution in [-0.2, 0) is 13.1 Å². The predicted octanol–water partition coefficient (Wildman–Crippen LogP) is 5.87. The van der Waals surface area contributed by atoms with E-state index in [0.29, 0.717) is 5.88 Å². The summed E-state index contributed by atoms with van der Waals surface area (Å²) in [5.41, 5.74) is 4.06. The molecular formula is C19H21Cl2NS. The van der Waals surface area contributed by atoms with E-state index >= 15 is 0 Å². The van der Waals surface area contributed by atoms with Gasteiger partial charge in [-0.05, 0) is 34.9 Å². The van der Waals surface area contributed by atoms with Crippen LogP contribution in [0.3, 0.4) is 0 Å². The minimum absolute atomic E-state index is 0. The van der Waals surface area contributed by atoms with E-state index < -0.39 is 0 Å². The normalized spacial score (nSPS) is 10.9. The molecule has 0 atom stereocenters. The third-order valence-corrected chi connectivity index (χ3v) is 5.03. The molecule has 0 saturated heterocycles. The molecule has 1 nitrogen and oxygen atoms in total. The van der Waals surface area contributed by atoms with Crippen LogP contribution < -0.4 is 0 Å². The van der Waals surface area contributed by atoms with Gasteiger partial charge in [-0.1, -0.05) is 48.0 Å². The van der Waals surface area contributed by atoms with E-state index in [4.69, 9.17) is 11.6 Å². The second-order valence-corrected chi connectivity index (χ2v) is 6.93.